The largest absolute Gasteiger partial charge is 0.375 e. The molecule has 0 aromatic rings. The van der Waals surface area contributed by atoms with Gasteiger partial charge in [-0.2, -0.15) is 5.10 Å². The highest BCUT2D eigenvalue weighted by Gasteiger charge is 2.19. The summed E-state index contributed by atoms with van der Waals surface area (Å²) in [6.07, 6.45) is 7.17. The molecular weight excluding hydrogens is 182 g/mol. The van der Waals surface area contributed by atoms with Crippen LogP contribution in [0.5, 0.6) is 0 Å². The first-order chi connectivity index (χ1) is 6.20. The summed E-state index contributed by atoms with van der Waals surface area (Å²) in [5.41, 5.74) is 7.84. The smallest absolute Gasteiger partial charge is 0.184 e. The quantitative estimate of drug-likeness (QED) is 0.404. The maximum Gasteiger partial charge on any atom is 0.184 e. The Kier molecular flexibility index (Phi) is 4.15. The van der Waals surface area contributed by atoms with E-state index in [9.17, 15) is 0 Å². The molecule has 13 heavy (non-hydrogen) atoms. The standard InChI is InChI=1S/C9H17N3S/c1-7-4-2-3-5-8(7)6-11-12-9(10)13/h6-8H,2-5H2,1H3,(H3,10,12,13)/b11-6+. The average molecular weight is 199 g/mol. The Morgan fingerprint density at radius 1 is 1.54 bits per heavy atom. The zero-order valence-electron chi connectivity index (χ0n) is 7.99. The van der Waals surface area contributed by atoms with Crippen LogP contribution in [0.3, 0.4) is 0 Å². The fourth-order valence-electron chi connectivity index (χ4n) is 1.76. The van der Waals surface area contributed by atoms with Gasteiger partial charge in [0.25, 0.3) is 0 Å². The van der Waals surface area contributed by atoms with E-state index in [1.807, 2.05) is 6.21 Å². The van der Waals surface area contributed by atoms with E-state index in [1.165, 1.54) is 25.7 Å². The third kappa shape index (κ3) is 3.72. The highest BCUT2D eigenvalue weighted by Crippen LogP contribution is 2.27. The van der Waals surface area contributed by atoms with Crippen LogP contribution >= 0.6 is 12.2 Å². The fraction of sp³-hybridized carbons (Fsp3) is 0.778. The Morgan fingerprint density at radius 3 is 2.85 bits per heavy atom. The van der Waals surface area contributed by atoms with Crippen LogP contribution in [0.2, 0.25) is 0 Å². The molecule has 1 saturated carbocycles. The lowest BCUT2D eigenvalue weighted by Crippen LogP contribution is -2.26. The second-order valence-electron chi connectivity index (χ2n) is 3.68. The summed E-state index contributed by atoms with van der Waals surface area (Å²) in [6.45, 7) is 2.27. The summed E-state index contributed by atoms with van der Waals surface area (Å²) in [5.74, 6) is 1.33. The molecule has 0 saturated heterocycles. The van der Waals surface area contributed by atoms with Gasteiger partial charge in [-0.25, -0.2) is 0 Å². The molecule has 0 heterocycles. The molecule has 4 heteroatoms. The number of hydrogen-bond acceptors (Lipinski definition) is 2. The van der Waals surface area contributed by atoms with Crippen molar-refractivity contribution < 1.29 is 0 Å². The van der Waals surface area contributed by atoms with E-state index in [0.717, 1.165) is 5.92 Å². The van der Waals surface area contributed by atoms with Gasteiger partial charge in [0, 0.05) is 6.21 Å². The summed E-state index contributed by atoms with van der Waals surface area (Å²) in [7, 11) is 0. The third-order valence-electron chi connectivity index (χ3n) is 2.62. The van der Waals surface area contributed by atoms with Crippen LogP contribution in [0.1, 0.15) is 32.6 Å². The van der Waals surface area contributed by atoms with Crippen LogP contribution in [0, 0.1) is 11.8 Å². The van der Waals surface area contributed by atoms with Gasteiger partial charge in [0.05, 0.1) is 0 Å². The third-order valence-corrected chi connectivity index (χ3v) is 2.71. The Bertz CT molecular complexity index is 203. The van der Waals surface area contributed by atoms with E-state index in [4.69, 9.17) is 5.73 Å². The van der Waals surface area contributed by atoms with E-state index < -0.39 is 0 Å². The average Bonchev–Trinajstić information content (AvgIpc) is 2.08. The van der Waals surface area contributed by atoms with Crippen molar-refractivity contribution >= 4 is 23.5 Å². The number of nitrogens with one attached hydrogen (secondary N) is 1. The molecule has 0 amide bonds. The van der Waals surface area contributed by atoms with Crippen LogP contribution in [0.25, 0.3) is 0 Å². The lowest BCUT2D eigenvalue weighted by Gasteiger charge is -2.24. The van der Waals surface area contributed by atoms with Gasteiger partial charge >= 0.3 is 0 Å². The molecule has 3 nitrogen and oxygen atoms in total. The van der Waals surface area contributed by atoms with Crippen molar-refractivity contribution in [3.8, 4) is 0 Å². The highest BCUT2D eigenvalue weighted by atomic mass is 32.1. The maximum absolute atomic E-state index is 5.25. The molecule has 0 aromatic carbocycles. The van der Waals surface area contributed by atoms with Gasteiger partial charge in [0.15, 0.2) is 5.11 Å². The monoisotopic (exact) mass is 199 g/mol. The molecule has 1 fully saturated rings. The first-order valence-electron chi connectivity index (χ1n) is 4.79. The summed E-state index contributed by atoms with van der Waals surface area (Å²) >= 11 is 4.64. The molecule has 1 aliphatic rings. The van der Waals surface area contributed by atoms with Crippen LogP contribution in [-0.2, 0) is 0 Å². The molecule has 2 atom stereocenters. The summed E-state index contributed by atoms with van der Waals surface area (Å²) < 4.78 is 0. The molecular formula is C9H17N3S. The van der Waals surface area contributed by atoms with Crippen LogP contribution < -0.4 is 11.2 Å². The lowest BCUT2D eigenvalue weighted by atomic mass is 9.81. The SMILES string of the molecule is CC1CCCCC1/C=N/NC(N)=S. The zero-order chi connectivity index (χ0) is 9.68. The van der Waals surface area contributed by atoms with Gasteiger partial charge in [-0.1, -0.05) is 26.2 Å². The van der Waals surface area contributed by atoms with Gasteiger partial charge in [-0.3, -0.25) is 5.43 Å². The molecule has 0 bridgehead atoms. The predicted molar refractivity (Wildman–Crippen MR) is 59.5 cm³/mol. The van der Waals surface area contributed by atoms with Crippen LogP contribution in [0.15, 0.2) is 5.10 Å². The van der Waals surface area contributed by atoms with E-state index in [0.29, 0.717) is 5.92 Å². The molecule has 1 rings (SSSR count). The Morgan fingerprint density at radius 2 is 2.23 bits per heavy atom. The van der Waals surface area contributed by atoms with Crippen LogP contribution in [-0.4, -0.2) is 11.3 Å². The topological polar surface area (TPSA) is 50.4 Å². The van der Waals surface area contributed by atoms with E-state index in [2.05, 4.69) is 29.7 Å². The van der Waals surface area contributed by atoms with Crippen molar-refractivity contribution in [2.45, 2.75) is 32.6 Å². The van der Waals surface area contributed by atoms with Gasteiger partial charge in [0.1, 0.15) is 0 Å². The van der Waals surface area contributed by atoms with Gasteiger partial charge in [0.2, 0.25) is 0 Å². The fourth-order valence-corrected chi connectivity index (χ4v) is 1.82. The van der Waals surface area contributed by atoms with Crippen LogP contribution in [0.4, 0.5) is 0 Å². The Balaban J connectivity index is 2.33. The van der Waals surface area contributed by atoms with Gasteiger partial charge in [-0.05, 0) is 30.5 Å². The normalized spacial score (nSPS) is 29.0. The number of hydrazone groups is 1. The number of nitrogens with zero attached hydrogens (tertiary/aromatic N) is 1. The summed E-state index contributed by atoms with van der Waals surface area (Å²) in [6, 6.07) is 0. The lowest BCUT2D eigenvalue weighted by molar-refractivity contribution is 0.329. The second kappa shape index (κ2) is 5.17. The van der Waals surface area contributed by atoms with Crippen molar-refractivity contribution in [2.24, 2.45) is 22.7 Å². The molecule has 1 aliphatic carbocycles. The maximum atomic E-state index is 5.25. The van der Waals surface area contributed by atoms with E-state index >= 15 is 0 Å². The van der Waals surface area contributed by atoms with Crippen molar-refractivity contribution in [1.82, 2.24) is 5.43 Å². The van der Waals surface area contributed by atoms with Gasteiger partial charge in [-0.15, -0.1) is 0 Å². The minimum Gasteiger partial charge on any atom is -0.375 e. The zero-order valence-corrected chi connectivity index (χ0v) is 8.81. The highest BCUT2D eigenvalue weighted by molar-refractivity contribution is 7.80. The summed E-state index contributed by atoms with van der Waals surface area (Å²) in [4.78, 5) is 0. The number of nitrogens with two attached hydrogens (primary N) is 1. The number of thiocarbonyl (C=S) groups is 1. The molecule has 0 aromatic heterocycles. The minimum absolute atomic E-state index is 0.236. The molecule has 74 valence electrons. The second-order valence-corrected chi connectivity index (χ2v) is 4.12. The Hall–Kier alpha value is -0.640. The first kappa shape index (κ1) is 10.4. The molecule has 0 radical (unpaired) electrons. The van der Waals surface area contributed by atoms with Gasteiger partial charge < -0.3 is 5.73 Å². The molecule has 0 spiro atoms. The van der Waals surface area contributed by atoms with Crippen molar-refractivity contribution in [3.63, 3.8) is 0 Å². The van der Waals surface area contributed by atoms with Crippen molar-refractivity contribution in [3.05, 3.63) is 0 Å². The molecule has 3 N–H and O–H groups in total. The number of hydrogen-bond donors (Lipinski definition) is 2. The molecule has 0 aliphatic heterocycles. The first-order valence-corrected chi connectivity index (χ1v) is 5.19. The summed E-state index contributed by atoms with van der Waals surface area (Å²) in [5, 5.41) is 4.24. The molecule has 2 unspecified atom stereocenters. The van der Waals surface area contributed by atoms with E-state index in [1.54, 1.807) is 0 Å². The van der Waals surface area contributed by atoms with Crippen molar-refractivity contribution in [2.75, 3.05) is 0 Å². The number of rotatable bonds is 2. The predicted octanol–water partition coefficient (Wildman–Crippen LogP) is 1.63. The Labute approximate surface area is 84.8 Å². The van der Waals surface area contributed by atoms with Crippen molar-refractivity contribution in [1.29, 1.82) is 0 Å². The minimum atomic E-state index is 0.236. The van der Waals surface area contributed by atoms with E-state index in [-0.39, 0.29) is 5.11 Å².